The van der Waals surface area contributed by atoms with Gasteiger partial charge in [-0.3, -0.25) is 9.69 Å². The van der Waals surface area contributed by atoms with E-state index in [4.69, 9.17) is 28.2 Å². The maximum absolute atomic E-state index is 12.3. The highest BCUT2D eigenvalue weighted by Gasteiger charge is 2.20. The Morgan fingerprint density at radius 1 is 1.17 bits per heavy atom. The van der Waals surface area contributed by atoms with Crippen LogP contribution in [0.3, 0.4) is 0 Å². The smallest absolute Gasteiger partial charge is 0.252 e. The highest BCUT2D eigenvalue weighted by atomic mass is 35.5. The Hall–Kier alpha value is -1.86. The number of nitrogens with one attached hydrogen (secondary N) is 1. The van der Waals surface area contributed by atoms with Crippen LogP contribution in [0.1, 0.15) is 22.8 Å². The average Bonchev–Trinajstić information content (AvgIpc) is 3.20. The number of nitrogens with zero attached hydrogens (tertiary/aromatic N) is 3. The molecule has 1 fully saturated rings. The van der Waals surface area contributed by atoms with E-state index in [1.54, 1.807) is 29.5 Å². The first kappa shape index (κ1) is 21.4. The van der Waals surface area contributed by atoms with Crippen molar-refractivity contribution in [3.8, 4) is 0 Å². The zero-order chi connectivity index (χ0) is 21.1. The second-order valence-electron chi connectivity index (χ2n) is 7.32. The second-order valence-corrected chi connectivity index (χ2v) is 9.18. The molecule has 1 N–H and O–H groups in total. The monoisotopic (exact) mass is 462 g/mol. The number of aromatic nitrogens is 1. The fraction of sp³-hybridized carbons (Fsp3) is 0.364. The van der Waals surface area contributed by atoms with Gasteiger partial charge < -0.3 is 10.2 Å². The molecule has 0 radical (unpaired) electrons. The lowest BCUT2D eigenvalue weighted by molar-refractivity contribution is 0.0948. The number of halogens is 2. The minimum atomic E-state index is -0.192. The molecule has 5 nitrogen and oxygen atoms in total. The zero-order valence-electron chi connectivity index (χ0n) is 16.8. The van der Waals surface area contributed by atoms with E-state index in [0.717, 1.165) is 49.8 Å². The predicted octanol–water partition coefficient (Wildman–Crippen LogP) is 4.72. The van der Waals surface area contributed by atoms with Crippen molar-refractivity contribution in [2.45, 2.75) is 13.3 Å². The lowest BCUT2D eigenvalue weighted by Gasteiger charge is -2.34. The van der Waals surface area contributed by atoms with Crippen molar-refractivity contribution in [2.75, 3.05) is 44.2 Å². The maximum Gasteiger partial charge on any atom is 0.252 e. The average molecular weight is 463 g/mol. The molecule has 8 heteroatoms. The zero-order valence-corrected chi connectivity index (χ0v) is 19.2. The van der Waals surface area contributed by atoms with Gasteiger partial charge >= 0.3 is 0 Å². The summed E-state index contributed by atoms with van der Waals surface area (Å²) in [5.41, 5.74) is 2.87. The summed E-state index contributed by atoms with van der Waals surface area (Å²) in [6, 6.07) is 11.3. The molecular weight excluding hydrogens is 439 g/mol. The van der Waals surface area contributed by atoms with Gasteiger partial charge in [-0.1, -0.05) is 53.6 Å². The molecule has 1 aliphatic heterocycles. The summed E-state index contributed by atoms with van der Waals surface area (Å²) in [5, 5.41) is 4.96. The molecule has 0 bridgehead atoms. The third-order valence-corrected chi connectivity index (χ3v) is 7.05. The fourth-order valence-corrected chi connectivity index (χ4v) is 5.11. The molecule has 2 aromatic carbocycles. The van der Waals surface area contributed by atoms with Crippen LogP contribution in [-0.4, -0.2) is 55.1 Å². The number of amides is 1. The SMILES string of the molecule is CCc1cccc2sc(N3CCN(CCNC(=O)c4cc(Cl)ccc4Cl)CC3)nc12. The number of carbonyl (C=O) groups is 1. The van der Waals surface area contributed by atoms with Crippen LogP contribution in [-0.2, 0) is 6.42 Å². The molecule has 3 aromatic rings. The third kappa shape index (κ3) is 4.72. The molecular formula is C22H24Cl2N4OS. The molecule has 158 valence electrons. The van der Waals surface area contributed by atoms with Gasteiger partial charge in [0.25, 0.3) is 5.91 Å². The van der Waals surface area contributed by atoms with Gasteiger partial charge in [-0.15, -0.1) is 0 Å². The van der Waals surface area contributed by atoms with Crippen LogP contribution in [0.25, 0.3) is 10.2 Å². The van der Waals surface area contributed by atoms with E-state index < -0.39 is 0 Å². The van der Waals surface area contributed by atoms with Crippen molar-refractivity contribution >= 4 is 55.8 Å². The number of benzene rings is 2. The quantitative estimate of drug-likeness (QED) is 0.575. The van der Waals surface area contributed by atoms with E-state index in [1.807, 2.05) is 0 Å². The normalized spacial score (nSPS) is 15.0. The van der Waals surface area contributed by atoms with Gasteiger partial charge in [-0.2, -0.15) is 0 Å². The van der Waals surface area contributed by atoms with Crippen LogP contribution in [0.2, 0.25) is 10.0 Å². The molecule has 0 aliphatic carbocycles. The number of carbonyl (C=O) groups excluding carboxylic acids is 1. The number of hydrogen-bond donors (Lipinski definition) is 1. The topological polar surface area (TPSA) is 48.5 Å². The summed E-state index contributed by atoms with van der Waals surface area (Å²) in [6.45, 7) is 7.32. The fourth-order valence-electron chi connectivity index (χ4n) is 3.67. The third-order valence-electron chi connectivity index (χ3n) is 5.40. The van der Waals surface area contributed by atoms with Gasteiger partial charge in [0.1, 0.15) is 0 Å². The Kier molecular flexibility index (Phi) is 6.78. The molecule has 4 rings (SSSR count). The number of piperazine rings is 1. The van der Waals surface area contributed by atoms with Crippen molar-refractivity contribution in [3.63, 3.8) is 0 Å². The molecule has 2 heterocycles. The van der Waals surface area contributed by atoms with Crippen LogP contribution >= 0.6 is 34.5 Å². The van der Waals surface area contributed by atoms with Crippen LogP contribution in [0.15, 0.2) is 36.4 Å². The van der Waals surface area contributed by atoms with Crippen molar-refractivity contribution in [3.05, 3.63) is 57.6 Å². The van der Waals surface area contributed by atoms with Crippen molar-refractivity contribution in [1.82, 2.24) is 15.2 Å². The summed E-state index contributed by atoms with van der Waals surface area (Å²) >= 11 is 13.8. The second kappa shape index (κ2) is 9.52. The van der Waals surface area contributed by atoms with Gasteiger partial charge in [0.05, 0.1) is 20.8 Å². The molecule has 0 atom stereocenters. The van der Waals surface area contributed by atoms with Gasteiger partial charge in [0.15, 0.2) is 5.13 Å². The predicted molar refractivity (Wildman–Crippen MR) is 126 cm³/mol. The van der Waals surface area contributed by atoms with E-state index in [1.165, 1.54) is 10.3 Å². The number of fused-ring (bicyclic) bond motifs is 1. The lowest BCUT2D eigenvalue weighted by atomic mass is 10.1. The molecule has 1 saturated heterocycles. The largest absolute Gasteiger partial charge is 0.351 e. The molecule has 1 aliphatic rings. The number of thiazole rings is 1. The van der Waals surface area contributed by atoms with E-state index >= 15 is 0 Å². The number of hydrogen-bond acceptors (Lipinski definition) is 5. The highest BCUT2D eigenvalue weighted by molar-refractivity contribution is 7.22. The van der Waals surface area contributed by atoms with Crippen LogP contribution in [0.5, 0.6) is 0 Å². The molecule has 1 aromatic heterocycles. The Morgan fingerprint density at radius 2 is 1.97 bits per heavy atom. The number of rotatable bonds is 6. The van der Waals surface area contributed by atoms with Crippen molar-refractivity contribution < 1.29 is 4.79 Å². The Labute approximate surface area is 190 Å². The number of para-hydroxylation sites is 1. The van der Waals surface area contributed by atoms with E-state index in [0.29, 0.717) is 22.2 Å². The first-order valence-electron chi connectivity index (χ1n) is 10.1. The standard InChI is InChI=1S/C22H24Cl2N4OS/c1-2-15-4-3-5-19-20(15)26-22(30-19)28-12-10-27(11-13-28)9-8-25-21(29)17-14-16(23)6-7-18(17)24/h3-7,14H,2,8-13H2,1H3,(H,25,29). The summed E-state index contributed by atoms with van der Waals surface area (Å²) in [4.78, 5) is 22.0. The summed E-state index contributed by atoms with van der Waals surface area (Å²) in [6.07, 6.45) is 1.00. The Morgan fingerprint density at radius 3 is 2.73 bits per heavy atom. The summed E-state index contributed by atoms with van der Waals surface area (Å²) < 4.78 is 1.26. The Bertz CT molecular complexity index is 1050. The Balaban J connectivity index is 1.28. The van der Waals surface area contributed by atoms with E-state index in [2.05, 4.69) is 40.2 Å². The lowest BCUT2D eigenvalue weighted by Crippen LogP contribution is -2.48. The van der Waals surface area contributed by atoms with Crippen LogP contribution < -0.4 is 10.2 Å². The van der Waals surface area contributed by atoms with Gasteiger partial charge in [-0.25, -0.2) is 4.98 Å². The summed E-state index contributed by atoms with van der Waals surface area (Å²) in [5.74, 6) is -0.192. The highest BCUT2D eigenvalue weighted by Crippen LogP contribution is 2.31. The van der Waals surface area contributed by atoms with Crippen molar-refractivity contribution in [1.29, 1.82) is 0 Å². The van der Waals surface area contributed by atoms with Gasteiger partial charge in [0.2, 0.25) is 0 Å². The molecule has 0 saturated carbocycles. The van der Waals surface area contributed by atoms with Crippen molar-refractivity contribution in [2.24, 2.45) is 0 Å². The molecule has 1 amide bonds. The molecule has 0 spiro atoms. The van der Waals surface area contributed by atoms with E-state index in [-0.39, 0.29) is 5.91 Å². The van der Waals surface area contributed by atoms with Gasteiger partial charge in [0, 0.05) is 44.3 Å². The van der Waals surface area contributed by atoms with Crippen LogP contribution in [0.4, 0.5) is 5.13 Å². The first-order chi connectivity index (χ1) is 14.5. The van der Waals surface area contributed by atoms with E-state index in [9.17, 15) is 4.79 Å². The summed E-state index contributed by atoms with van der Waals surface area (Å²) in [7, 11) is 0. The number of aryl methyl sites for hydroxylation is 1. The minimum Gasteiger partial charge on any atom is -0.351 e. The number of anilines is 1. The first-order valence-corrected chi connectivity index (χ1v) is 11.7. The maximum atomic E-state index is 12.3. The van der Waals surface area contributed by atoms with Gasteiger partial charge in [-0.05, 0) is 36.2 Å². The van der Waals surface area contributed by atoms with Crippen LogP contribution in [0, 0.1) is 0 Å². The minimum absolute atomic E-state index is 0.192. The molecule has 30 heavy (non-hydrogen) atoms. The molecule has 0 unspecified atom stereocenters.